The highest BCUT2D eigenvalue weighted by molar-refractivity contribution is 6.33. The molecule has 3 aromatic rings. The molecule has 0 radical (unpaired) electrons. The molecule has 166 valence electrons. The number of aromatic nitrogens is 2. The maximum absolute atomic E-state index is 14.6. The Labute approximate surface area is 187 Å². The van der Waals surface area contributed by atoms with Gasteiger partial charge in [-0.3, -0.25) is 9.78 Å². The topological polar surface area (TPSA) is 114 Å². The molecule has 1 aromatic carbocycles. The maximum atomic E-state index is 14.6. The lowest BCUT2D eigenvalue weighted by Gasteiger charge is -2.16. The van der Waals surface area contributed by atoms with E-state index in [9.17, 15) is 13.6 Å². The average molecular weight is 461 g/mol. The van der Waals surface area contributed by atoms with Crippen molar-refractivity contribution in [1.82, 2.24) is 9.97 Å². The zero-order chi connectivity index (χ0) is 23.4. The van der Waals surface area contributed by atoms with E-state index in [4.69, 9.17) is 32.1 Å². The fraction of sp³-hybridized carbons (Fsp3) is 0.227. The number of hydrogen-bond donors (Lipinski definition) is 2. The minimum atomic E-state index is -0.871. The minimum absolute atomic E-state index is 0.0290. The molecule has 0 spiro atoms. The lowest BCUT2D eigenvalue weighted by atomic mass is 10.1. The molecule has 2 aromatic heterocycles. The molecule has 0 unspecified atom stereocenters. The molecule has 7 nitrogen and oxygen atoms in total. The van der Waals surface area contributed by atoms with E-state index >= 15 is 0 Å². The van der Waals surface area contributed by atoms with Gasteiger partial charge in [0.25, 0.3) is 5.56 Å². The molecule has 0 aliphatic heterocycles. The van der Waals surface area contributed by atoms with Gasteiger partial charge >= 0.3 is 0 Å². The first-order valence-corrected chi connectivity index (χ1v) is 9.93. The summed E-state index contributed by atoms with van der Waals surface area (Å²) in [5, 5.41) is 8.81. The number of nitrogens with two attached hydrogens (primary N) is 1. The summed E-state index contributed by atoms with van der Waals surface area (Å²) in [6, 6.07) is 6.11. The van der Waals surface area contributed by atoms with Crippen LogP contribution < -0.4 is 20.8 Å². The first-order chi connectivity index (χ1) is 15.2. The molecular formula is C22H19ClF2N4O3. The minimum Gasteiger partial charge on any atom is -0.488 e. The van der Waals surface area contributed by atoms with E-state index < -0.39 is 22.9 Å². The summed E-state index contributed by atoms with van der Waals surface area (Å²) >= 11 is 6.10. The molecule has 2 heterocycles. The lowest BCUT2D eigenvalue weighted by molar-refractivity contribution is 0.212. The van der Waals surface area contributed by atoms with E-state index in [0.29, 0.717) is 17.1 Å². The van der Waals surface area contributed by atoms with Crippen LogP contribution >= 0.6 is 11.6 Å². The molecule has 0 aliphatic rings. The van der Waals surface area contributed by atoms with Crippen LogP contribution in [0.5, 0.6) is 11.5 Å². The quantitative estimate of drug-likeness (QED) is 0.505. The van der Waals surface area contributed by atoms with Crippen molar-refractivity contribution in [1.29, 1.82) is 5.26 Å². The van der Waals surface area contributed by atoms with Gasteiger partial charge in [-0.25, -0.2) is 8.78 Å². The number of anilines is 1. The number of aromatic amines is 1. The highest BCUT2D eigenvalue weighted by atomic mass is 35.5. The van der Waals surface area contributed by atoms with E-state index in [1.807, 2.05) is 13.8 Å². The standard InChI is InChI=1S/C22H19ClF2N4O3/c1-11(2)19-18(27)16(5-6-28-19)31-7-8-32-21-15(25)4-3-14(24)17(21)20-13(23)9-12(10-26)22(30)29-20/h3-6,9,11H,7-8,27H2,1-2H3,(H,29,30). The zero-order valence-corrected chi connectivity index (χ0v) is 18.0. The van der Waals surface area contributed by atoms with Crippen LogP contribution in [0.2, 0.25) is 5.02 Å². The normalized spacial score (nSPS) is 10.8. The molecule has 0 bridgehead atoms. The Kier molecular flexibility index (Phi) is 6.95. The predicted molar refractivity (Wildman–Crippen MR) is 116 cm³/mol. The van der Waals surface area contributed by atoms with Gasteiger partial charge < -0.3 is 20.2 Å². The Bertz CT molecular complexity index is 1260. The summed E-state index contributed by atoms with van der Waals surface area (Å²) in [6.07, 6.45) is 1.56. The van der Waals surface area contributed by atoms with Crippen LogP contribution in [-0.2, 0) is 0 Å². The van der Waals surface area contributed by atoms with Crippen molar-refractivity contribution in [3.63, 3.8) is 0 Å². The third kappa shape index (κ3) is 4.65. The number of ether oxygens (including phenoxy) is 2. The Hall–Kier alpha value is -3.64. The second-order valence-corrected chi connectivity index (χ2v) is 7.45. The van der Waals surface area contributed by atoms with E-state index in [2.05, 4.69) is 9.97 Å². The fourth-order valence-electron chi connectivity index (χ4n) is 3.03. The molecule has 0 atom stereocenters. The number of benzene rings is 1. The molecule has 0 saturated heterocycles. The van der Waals surface area contributed by atoms with Crippen LogP contribution in [0.1, 0.15) is 31.0 Å². The number of hydrogen-bond acceptors (Lipinski definition) is 6. The van der Waals surface area contributed by atoms with Crippen LogP contribution in [0, 0.1) is 23.0 Å². The van der Waals surface area contributed by atoms with Crippen molar-refractivity contribution in [2.24, 2.45) is 0 Å². The number of halogens is 3. The van der Waals surface area contributed by atoms with Gasteiger partial charge in [-0.15, -0.1) is 0 Å². The number of H-pyrrole nitrogens is 1. The molecule has 0 saturated carbocycles. The van der Waals surface area contributed by atoms with Crippen molar-refractivity contribution in [3.05, 3.63) is 68.7 Å². The van der Waals surface area contributed by atoms with E-state index in [1.54, 1.807) is 18.3 Å². The number of pyridine rings is 2. The van der Waals surface area contributed by atoms with E-state index in [0.717, 1.165) is 18.2 Å². The van der Waals surface area contributed by atoms with Gasteiger partial charge in [0.1, 0.15) is 36.4 Å². The number of nitrogens with zero attached hydrogens (tertiary/aromatic N) is 2. The second kappa shape index (κ2) is 9.66. The highest BCUT2D eigenvalue weighted by Crippen LogP contribution is 2.37. The summed E-state index contributed by atoms with van der Waals surface area (Å²) in [4.78, 5) is 18.5. The van der Waals surface area contributed by atoms with Crippen molar-refractivity contribution in [3.8, 4) is 28.8 Å². The summed E-state index contributed by atoms with van der Waals surface area (Å²) in [6.45, 7) is 3.69. The van der Waals surface area contributed by atoms with Gasteiger partial charge in [-0.05, 0) is 24.1 Å². The molecule has 0 amide bonds. The molecule has 10 heteroatoms. The lowest BCUT2D eigenvalue weighted by Crippen LogP contribution is -2.14. The zero-order valence-electron chi connectivity index (χ0n) is 17.2. The second-order valence-electron chi connectivity index (χ2n) is 7.04. The Morgan fingerprint density at radius 3 is 2.59 bits per heavy atom. The number of rotatable bonds is 7. The van der Waals surface area contributed by atoms with Crippen LogP contribution in [0.4, 0.5) is 14.5 Å². The van der Waals surface area contributed by atoms with Gasteiger partial charge in [0.15, 0.2) is 11.6 Å². The van der Waals surface area contributed by atoms with Gasteiger partial charge in [-0.2, -0.15) is 5.26 Å². The largest absolute Gasteiger partial charge is 0.488 e. The van der Waals surface area contributed by atoms with Crippen LogP contribution in [0.25, 0.3) is 11.3 Å². The molecular weight excluding hydrogens is 442 g/mol. The summed E-state index contributed by atoms with van der Waals surface area (Å²) in [7, 11) is 0. The van der Waals surface area contributed by atoms with Crippen LogP contribution in [0.3, 0.4) is 0 Å². The van der Waals surface area contributed by atoms with Gasteiger partial charge in [0.05, 0.1) is 27.7 Å². The molecule has 32 heavy (non-hydrogen) atoms. The number of nitriles is 1. The van der Waals surface area contributed by atoms with Crippen LogP contribution in [0.15, 0.2) is 35.3 Å². The van der Waals surface area contributed by atoms with Crippen LogP contribution in [-0.4, -0.2) is 23.2 Å². The van der Waals surface area contributed by atoms with Crippen molar-refractivity contribution in [2.45, 2.75) is 19.8 Å². The summed E-state index contributed by atoms with van der Waals surface area (Å²) < 4.78 is 40.2. The number of nitrogen functional groups attached to an aromatic ring is 1. The van der Waals surface area contributed by atoms with Crippen molar-refractivity contribution in [2.75, 3.05) is 18.9 Å². The summed E-state index contributed by atoms with van der Waals surface area (Å²) in [5.74, 6) is -1.70. The third-order valence-corrected chi connectivity index (χ3v) is 4.84. The Morgan fingerprint density at radius 2 is 1.91 bits per heavy atom. The SMILES string of the molecule is CC(C)c1nccc(OCCOc2c(F)ccc(F)c2-c2[nH]c(=O)c(C#N)cc2Cl)c1N. The van der Waals surface area contributed by atoms with E-state index in [1.165, 1.54) is 0 Å². The van der Waals surface area contributed by atoms with Gasteiger partial charge in [0.2, 0.25) is 0 Å². The average Bonchev–Trinajstić information content (AvgIpc) is 2.75. The molecule has 0 aliphatic carbocycles. The van der Waals surface area contributed by atoms with Crippen molar-refractivity contribution >= 4 is 17.3 Å². The van der Waals surface area contributed by atoms with Gasteiger partial charge in [-0.1, -0.05) is 25.4 Å². The first-order valence-electron chi connectivity index (χ1n) is 9.55. The van der Waals surface area contributed by atoms with E-state index in [-0.39, 0.29) is 41.0 Å². The fourth-order valence-corrected chi connectivity index (χ4v) is 3.28. The maximum Gasteiger partial charge on any atom is 0.266 e. The van der Waals surface area contributed by atoms with Crippen molar-refractivity contribution < 1.29 is 18.3 Å². The molecule has 3 N–H and O–H groups in total. The highest BCUT2D eigenvalue weighted by Gasteiger charge is 2.21. The summed E-state index contributed by atoms with van der Waals surface area (Å²) in [5.41, 5.74) is 5.51. The predicted octanol–water partition coefficient (Wildman–Crippen LogP) is 4.40. The Morgan fingerprint density at radius 1 is 1.22 bits per heavy atom. The smallest absolute Gasteiger partial charge is 0.266 e. The monoisotopic (exact) mass is 460 g/mol. The van der Waals surface area contributed by atoms with Gasteiger partial charge in [0, 0.05) is 12.3 Å². The Balaban J connectivity index is 1.84. The molecule has 0 fully saturated rings. The first kappa shape index (κ1) is 23.0. The third-order valence-electron chi connectivity index (χ3n) is 4.54. The molecule has 3 rings (SSSR count). The number of nitrogens with one attached hydrogen (secondary N) is 1.